The fraction of sp³-hybridized carbons (Fsp3) is 0.932. The SMILES string of the molecule is CC(=O)OC[C@H]1O[C@@H](O[C@H]2C[C@]3(C)[C@H](C[C@@H](O)[C@@H]4[C@@H]([C@](C)(CCC=C(C)C)O[C@@H]5O[C@H](CO)[C@@H](O)[C@H](O)[C@H]5O)CC[C@]43C)[C@@]3(C)CC[C@H](O)C(C)(C)C23)[C@H](O)[C@@H](O)[C@@H]1O. The molecule has 6 fully saturated rings. The molecule has 2 saturated heterocycles. The molecule has 6 aliphatic rings. The molecule has 1 unspecified atom stereocenters. The number of carbonyl (C=O) groups is 1. The van der Waals surface area contributed by atoms with Crippen LogP contribution in [-0.2, 0) is 28.5 Å². The van der Waals surface area contributed by atoms with Crippen molar-refractivity contribution in [2.24, 2.45) is 45.3 Å². The number of carbonyl (C=O) groups excluding carboxylic acids is 1. The second kappa shape index (κ2) is 17.0. The van der Waals surface area contributed by atoms with Gasteiger partial charge in [-0.05, 0) is 117 Å². The van der Waals surface area contributed by atoms with Gasteiger partial charge in [-0.25, -0.2) is 0 Å². The van der Waals surface area contributed by atoms with Crippen molar-refractivity contribution in [2.45, 2.75) is 199 Å². The van der Waals surface area contributed by atoms with Gasteiger partial charge in [-0.2, -0.15) is 0 Å². The van der Waals surface area contributed by atoms with Crippen molar-refractivity contribution in [2.75, 3.05) is 13.2 Å². The molecule has 0 spiro atoms. The number of allylic oxidation sites excluding steroid dienone is 2. The molecule has 4 saturated carbocycles. The van der Waals surface area contributed by atoms with Gasteiger partial charge in [0.25, 0.3) is 0 Å². The topological polar surface area (TPSA) is 245 Å². The summed E-state index contributed by atoms with van der Waals surface area (Å²) in [4.78, 5) is 11.7. The third-order valence-corrected chi connectivity index (χ3v) is 16.9. The van der Waals surface area contributed by atoms with Crippen molar-refractivity contribution < 1.29 is 74.4 Å². The highest BCUT2D eigenvalue weighted by atomic mass is 16.7. The number of ether oxygens (including phenoxy) is 5. The molecular weight excluding hydrogens is 768 g/mol. The van der Waals surface area contributed by atoms with Crippen LogP contribution in [0.1, 0.15) is 114 Å². The molecule has 2 aliphatic heterocycles. The lowest BCUT2D eigenvalue weighted by atomic mass is 9.34. The molecule has 0 bridgehead atoms. The Hall–Kier alpha value is -1.31. The van der Waals surface area contributed by atoms with E-state index >= 15 is 0 Å². The molecule has 21 atom stereocenters. The Morgan fingerprint density at radius 2 is 1.41 bits per heavy atom. The molecule has 4 aliphatic carbocycles. The van der Waals surface area contributed by atoms with E-state index in [1.54, 1.807) is 0 Å². The maximum absolute atomic E-state index is 12.6. The number of esters is 1. The van der Waals surface area contributed by atoms with E-state index in [9.17, 15) is 50.8 Å². The summed E-state index contributed by atoms with van der Waals surface area (Å²) in [5.74, 6) is -1.46. The molecule has 0 aromatic rings. The minimum atomic E-state index is -1.65. The predicted molar refractivity (Wildman–Crippen MR) is 212 cm³/mol. The number of aliphatic hydroxyl groups excluding tert-OH is 9. The summed E-state index contributed by atoms with van der Waals surface area (Å²) in [5, 5.41) is 99.6. The van der Waals surface area contributed by atoms with Crippen LogP contribution in [0.15, 0.2) is 11.6 Å². The summed E-state index contributed by atoms with van der Waals surface area (Å²) in [6.07, 6.45) is -9.91. The van der Waals surface area contributed by atoms with Crippen molar-refractivity contribution >= 4 is 5.97 Å². The Kier molecular flexibility index (Phi) is 13.6. The fourth-order valence-electron chi connectivity index (χ4n) is 13.6. The molecule has 2 heterocycles. The Bertz CT molecular complexity index is 1520. The minimum Gasteiger partial charge on any atom is -0.463 e. The van der Waals surface area contributed by atoms with Crippen molar-refractivity contribution in [3.05, 3.63) is 11.6 Å². The largest absolute Gasteiger partial charge is 0.463 e. The fourth-order valence-corrected chi connectivity index (χ4v) is 13.6. The molecule has 0 radical (unpaired) electrons. The first kappa shape index (κ1) is 47.2. The molecule has 0 amide bonds. The minimum absolute atomic E-state index is 0.0220. The smallest absolute Gasteiger partial charge is 0.302 e. The molecule has 0 aromatic carbocycles. The first-order valence-corrected chi connectivity index (χ1v) is 21.8. The van der Waals surface area contributed by atoms with Gasteiger partial charge < -0.3 is 69.6 Å². The zero-order valence-electron chi connectivity index (χ0n) is 36.4. The maximum atomic E-state index is 12.6. The standard InChI is InChI=1S/C44H74O15/c1-21(2)11-10-14-44(9,59-39-36(54)33(51)31(49)26(19-45)57-39)23-12-16-42(7)30(23)24(47)17-28-41(6)15-13-29(48)40(4,5)37(41)25(18-43(28,42)8)56-38-35(53)34(52)32(50)27(58-38)20-55-22(3)46/h11,23-39,45,47-54H,10,12-20H2,1-9H3/t23-,24+,25-,26+,27+,28+,29-,30-,31+,32+,33-,34-,35+,36+,37?,38+,39-,41+,42+,43+,44-/m0/s1. The van der Waals surface area contributed by atoms with Gasteiger partial charge in [0.15, 0.2) is 12.6 Å². The highest BCUT2D eigenvalue weighted by molar-refractivity contribution is 5.65. The van der Waals surface area contributed by atoms with E-state index in [-0.39, 0.29) is 30.3 Å². The molecule has 59 heavy (non-hydrogen) atoms. The van der Waals surface area contributed by atoms with Gasteiger partial charge in [0.1, 0.15) is 55.4 Å². The van der Waals surface area contributed by atoms with E-state index < -0.39 is 120 Å². The van der Waals surface area contributed by atoms with Crippen molar-refractivity contribution in [3.8, 4) is 0 Å². The normalized spacial score (nSPS) is 50.4. The van der Waals surface area contributed by atoms with Gasteiger partial charge in [0.2, 0.25) is 0 Å². The van der Waals surface area contributed by atoms with E-state index in [2.05, 4.69) is 26.8 Å². The Morgan fingerprint density at radius 3 is 2.02 bits per heavy atom. The third-order valence-electron chi connectivity index (χ3n) is 16.9. The summed E-state index contributed by atoms with van der Waals surface area (Å²) in [6.45, 7) is 17.1. The van der Waals surface area contributed by atoms with Gasteiger partial charge >= 0.3 is 5.97 Å². The summed E-state index contributed by atoms with van der Waals surface area (Å²) in [7, 11) is 0. The summed E-state index contributed by atoms with van der Waals surface area (Å²) < 4.78 is 30.8. The van der Waals surface area contributed by atoms with E-state index in [0.717, 1.165) is 5.57 Å². The van der Waals surface area contributed by atoms with E-state index in [0.29, 0.717) is 51.4 Å². The highest BCUT2D eigenvalue weighted by Crippen LogP contribution is 2.76. The maximum Gasteiger partial charge on any atom is 0.302 e. The number of hydrogen-bond acceptors (Lipinski definition) is 15. The summed E-state index contributed by atoms with van der Waals surface area (Å²) in [6, 6.07) is 0. The van der Waals surface area contributed by atoms with Gasteiger partial charge in [-0.1, -0.05) is 46.3 Å². The molecule has 6 rings (SSSR count). The Morgan fingerprint density at radius 1 is 0.797 bits per heavy atom. The average molecular weight is 843 g/mol. The lowest BCUT2D eigenvalue weighted by molar-refractivity contribution is -0.349. The van der Waals surface area contributed by atoms with Crippen LogP contribution in [0, 0.1) is 45.3 Å². The molecule has 9 N–H and O–H groups in total. The lowest BCUT2D eigenvalue weighted by Crippen LogP contribution is -2.71. The predicted octanol–water partition coefficient (Wildman–Crippen LogP) is 1.69. The average Bonchev–Trinajstić information content (AvgIpc) is 3.54. The van der Waals surface area contributed by atoms with E-state index in [4.69, 9.17) is 23.7 Å². The van der Waals surface area contributed by atoms with Crippen LogP contribution in [0.5, 0.6) is 0 Å². The summed E-state index contributed by atoms with van der Waals surface area (Å²) >= 11 is 0. The Balaban J connectivity index is 1.38. The monoisotopic (exact) mass is 843 g/mol. The van der Waals surface area contributed by atoms with Gasteiger partial charge in [-0.15, -0.1) is 0 Å². The van der Waals surface area contributed by atoms with Crippen LogP contribution in [0.2, 0.25) is 0 Å². The van der Waals surface area contributed by atoms with Crippen LogP contribution in [0.3, 0.4) is 0 Å². The molecular formula is C44H74O15. The number of fused-ring (bicyclic) bond motifs is 5. The van der Waals surface area contributed by atoms with Gasteiger partial charge in [-0.3, -0.25) is 4.79 Å². The van der Waals surface area contributed by atoms with E-state index in [1.165, 1.54) is 6.92 Å². The first-order valence-electron chi connectivity index (χ1n) is 21.8. The molecule has 15 heteroatoms. The number of rotatable bonds is 11. The van der Waals surface area contributed by atoms with Crippen molar-refractivity contribution in [1.29, 1.82) is 0 Å². The second-order valence-corrected chi connectivity index (χ2v) is 20.9. The quantitative estimate of drug-likeness (QED) is 0.0817. The van der Waals surface area contributed by atoms with E-state index in [1.807, 2.05) is 34.6 Å². The molecule has 15 nitrogen and oxygen atoms in total. The van der Waals surface area contributed by atoms with Gasteiger partial charge in [0.05, 0.1) is 30.5 Å². The van der Waals surface area contributed by atoms with Crippen molar-refractivity contribution in [3.63, 3.8) is 0 Å². The lowest BCUT2D eigenvalue weighted by Gasteiger charge is -2.72. The second-order valence-electron chi connectivity index (χ2n) is 20.9. The highest BCUT2D eigenvalue weighted by Gasteiger charge is 2.74. The van der Waals surface area contributed by atoms with Crippen LogP contribution in [0.4, 0.5) is 0 Å². The third kappa shape index (κ3) is 7.99. The van der Waals surface area contributed by atoms with Crippen LogP contribution in [0.25, 0.3) is 0 Å². The zero-order valence-corrected chi connectivity index (χ0v) is 36.4. The van der Waals surface area contributed by atoms with Crippen LogP contribution < -0.4 is 0 Å². The van der Waals surface area contributed by atoms with Crippen LogP contribution >= 0.6 is 0 Å². The Labute approximate surface area is 349 Å². The zero-order chi connectivity index (χ0) is 43.8. The van der Waals surface area contributed by atoms with Crippen molar-refractivity contribution in [1.82, 2.24) is 0 Å². The first-order chi connectivity index (χ1) is 27.4. The molecule has 340 valence electrons. The molecule has 0 aromatic heterocycles. The number of aliphatic hydroxyl groups is 9. The van der Waals surface area contributed by atoms with Crippen LogP contribution in [-0.4, -0.2) is 150 Å². The number of hydrogen-bond donors (Lipinski definition) is 9. The summed E-state index contributed by atoms with van der Waals surface area (Å²) in [5.41, 5.74) is -2.05. The van der Waals surface area contributed by atoms with Gasteiger partial charge in [0, 0.05) is 6.92 Å².